The zero-order chi connectivity index (χ0) is 20.3. The van der Waals surface area contributed by atoms with Crippen molar-refractivity contribution in [2.75, 3.05) is 4.90 Å². The summed E-state index contributed by atoms with van der Waals surface area (Å²) in [5.41, 5.74) is 3.56. The molecule has 0 N–H and O–H groups in total. The highest BCUT2D eigenvalue weighted by molar-refractivity contribution is 5.93. The summed E-state index contributed by atoms with van der Waals surface area (Å²) in [5.74, 6) is 1.50. The van der Waals surface area contributed by atoms with Crippen LogP contribution in [0.25, 0.3) is 17.2 Å². The van der Waals surface area contributed by atoms with E-state index in [0.717, 1.165) is 35.5 Å². The van der Waals surface area contributed by atoms with Gasteiger partial charge in [0.2, 0.25) is 11.7 Å². The van der Waals surface area contributed by atoms with Gasteiger partial charge in [0, 0.05) is 5.92 Å². The van der Waals surface area contributed by atoms with Crippen LogP contribution in [0.1, 0.15) is 56.7 Å². The number of anilines is 1. The molecule has 8 nitrogen and oxygen atoms in total. The monoisotopic (exact) mass is 393 g/mol. The third-order valence-electron chi connectivity index (χ3n) is 5.11. The standard InChI is InChI=1S/C21H23N5O3/c1-12-6-5-7-14-17(12)25(20(27)28-21(2,3)4)10-15-16(22-11-26(14)15)18-23-19(29-24-18)13-8-9-13/h5-7,11,13H,8-10H2,1-4H3. The maximum atomic E-state index is 13.0. The first-order chi connectivity index (χ1) is 13.8. The molecule has 5 rings (SSSR count). The number of carbonyl (C=O) groups excluding carboxylic acids is 1. The van der Waals surface area contributed by atoms with Gasteiger partial charge < -0.3 is 9.26 Å². The van der Waals surface area contributed by atoms with Crippen LogP contribution >= 0.6 is 0 Å². The number of amides is 1. The van der Waals surface area contributed by atoms with Gasteiger partial charge in [-0.3, -0.25) is 9.47 Å². The van der Waals surface area contributed by atoms with E-state index in [1.54, 1.807) is 11.2 Å². The van der Waals surface area contributed by atoms with Crippen LogP contribution in [0.2, 0.25) is 0 Å². The molecule has 0 bridgehead atoms. The molecule has 3 aromatic rings. The molecular formula is C21H23N5O3. The Kier molecular flexibility index (Phi) is 3.81. The number of ether oxygens (including phenoxy) is 1. The predicted octanol–water partition coefficient (Wildman–Crippen LogP) is 4.36. The normalized spacial score (nSPS) is 15.8. The number of para-hydroxylation sites is 1. The summed E-state index contributed by atoms with van der Waals surface area (Å²) in [6.45, 7) is 7.89. The molecular weight excluding hydrogens is 370 g/mol. The lowest BCUT2D eigenvalue weighted by molar-refractivity contribution is 0.0575. The molecule has 1 fully saturated rings. The summed E-state index contributed by atoms with van der Waals surface area (Å²) in [6, 6.07) is 5.93. The molecule has 1 aromatic carbocycles. The van der Waals surface area contributed by atoms with Crippen molar-refractivity contribution in [2.45, 2.75) is 58.6 Å². The highest BCUT2D eigenvalue weighted by atomic mass is 16.6. The Bertz CT molecular complexity index is 1100. The van der Waals surface area contributed by atoms with E-state index < -0.39 is 11.7 Å². The first-order valence-corrected chi connectivity index (χ1v) is 9.82. The Morgan fingerprint density at radius 1 is 1.28 bits per heavy atom. The zero-order valence-corrected chi connectivity index (χ0v) is 17.0. The van der Waals surface area contributed by atoms with Crippen LogP contribution in [-0.4, -0.2) is 31.4 Å². The number of aromatic nitrogens is 4. The molecule has 0 radical (unpaired) electrons. The van der Waals surface area contributed by atoms with Gasteiger partial charge in [0.05, 0.1) is 23.6 Å². The highest BCUT2D eigenvalue weighted by Crippen LogP contribution is 2.41. The molecule has 1 amide bonds. The number of hydrogen-bond donors (Lipinski definition) is 0. The van der Waals surface area contributed by atoms with Crippen LogP contribution < -0.4 is 4.90 Å². The minimum atomic E-state index is -0.590. The first kappa shape index (κ1) is 17.9. The fourth-order valence-corrected chi connectivity index (χ4v) is 3.64. The minimum Gasteiger partial charge on any atom is -0.443 e. The second-order valence-electron chi connectivity index (χ2n) is 8.65. The molecule has 150 valence electrons. The van der Waals surface area contributed by atoms with Gasteiger partial charge in [-0.05, 0) is 52.2 Å². The van der Waals surface area contributed by atoms with E-state index in [4.69, 9.17) is 9.26 Å². The van der Waals surface area contributed by atoms with Gasteiger partial charge in [-0.1, -0.05) is 17.3 Å². The fourth-order valence-electron chi connectivity index (χ4n) is 3.64. The molecule has 0 saturated heterocycles. The van der Waals surface area contributed by atoms with E-state index in [2.05, 4.69) is 15.1 Å². The Hall–Kier alpha value is -3.16. The molecule has 8 heteroatoms. The molecule has 0 atom stereocenters. The third-order valence-corrected chi connectivity index (χ3v) is 5.11. The van der Waals surface area contributed by atoms with E-state index in [1.807, 2.05) is 50.5 Å². The number of benzene rings is 1. The van der Waals surface area contributed by atoms with Crippen molar-refractivity contribution >= 4 is 11.8 Å². The zero-order valence-electron chi connectivity index (χ0n) is 17.0. The number of aryl methyl sites for hydroxylation is 1. The van der Waals surface area contributed by atoms with Crippen molar-refractivity contribution in [1.82, 2.24) is 19.7 Å². The number of imidazole rings is 1. The first-order valence-electron chi connectivity index (χ1n) is 9.82. The molecule has 29 heavy (non-hydrogen) atoms. The summed E-state index contributed by atoms with van der Waals surface area (Å²) in [6.07, 6.45) is 3.53. The lowest BCUT2D eigenvalue weighted by atomic mass is 10.1. The SMILES string of the molecule is Cc1cccc2c1N(C(=O)OC(C)(C)C)Cc1c(-c3noc(C4CC4)n3)ncn1-2. The number of carbonyl (C=O) groups is 1. The van der Waals surface area contributed by atoms with Gasteiger partial charge in [-0.15, -0.1) is 0 Å². The van der Waals surface area contributed by atoms with E-state index >= 15 is 0 Å². The molecule has 1 aliphatic carbocycles. The van der Waals surface area contributed by atoms with Gasteiger partial charge >= 0.3 is 6.09 Å². The quantitative estimate of drug-likeness (QED) is 0.643. The molecule has 1 aliphatic heterocycles. The Morgan fingerprint density at radius 3 is 2.79 bits per heavy atom. The second kappa shape index (κ2) is 6.17. The van der Waals surface area contributed by atoms with Gasteiger partial charge in [0.15, 0.2) is 0 Å². The van der Waals surface area contributed by atoms with Gasteiger partial charge in [0.25, 0.3) is 0 Å². The van der Waals surface area contributed by atoms with Crippen LogP contribution in [0, 0.1) is 6.92 Å². The molecule has 0 unspecified atom stereocenters. The summed E-state index contributed by atoms with van der Waals surface area (Å²) in [5, 5.41) is 4.13. The molecule has 0 spiro atoms. The van der Waals surface area contributed by atoms with Gasteiger partial charge in [0.1, 0.15) is 17.6 Å². The largest absolute Gasteiger partial charge is 0.443 e. The van der Waals surface area contributed by atoms with E-state index in [-0.39, 0.29) is 0 Å². The molecule has 2 aromatic heterocycles. The van der Waals surface area contributed by atoms with Crippen molar-refractivity contribution in [3.8, 4) is 17.2 Å². The summed E-state index contributed by atoms with van der Waals surface area (Å²) >= 11 is 0. The summed E-state index contributed by atoms with van der Waals surface area (Å²) in [4.78, 5) is 23.8. The van der Waals surface area contributed by atoms with Crippen molar-refractivity contribution in [1.29, 1.82) is 0 Å². The molecule has 2 aliphatic rings. The van der Waals surface area contributed by atoms with Crippen molar-refractivity contribution < 1.29 is 14.1 Å². The average Bonchev–Trinajstić information content (AvgIpc) is 3.23. The van der Waals surface area contributed by atoms with Crippen LogP contribution in [0.3, 0.4) is 0 Å². The van der Waals surface area contributed by atoms with Crippen LogP contribution in [0.5, 0.6) is 0 Å². The number of hydrogen-bond acceptors (Lipinski definition) is 6. The Labute approximate surface area is 168 Å². The smallest absolute Gasteiger partial charge is 0.415 e. The van der Waals surface area contributed by atoms with Gasteiger partial charge in [-0.25, -0.2) is 9.78 Å². The molecule has 1 saturated carbocycles. The summed E-state index contributed by atoms with van der Waals surface area (Å²) < 4.78 is 13.1. The fraction of sp³-hybridized carbons (Fsp3) is 0.429. The van der Waals surface area contributed by atoms with Crippen molar-refractivity contribution in [3.63, 3.8) is 0 Å². The topological polar surface area (TPSA) is 86.3 Å². The second-order valence-corrected chi connectivity index (χ2v) is 8.65. The highest BCUT2D eigenvalue weighted by Gasteiger charge is 2.35. The lowest BCUT2D eigenvalue weighted by Gasteiger charge is -2.33. The van der Waals surface area contributed by atoms with Crippen molar-refractivity contribution in [3.05, 3.63) is 41.7 Å². The number of rotatable bonds is 2. The van der Waals surface area contributed by atoms with Gasteiger partial charge in [-0.2, -0.15) is 4.98 Å². The van der Waals surface area contributed by atoms with Crippen LogP contribution in [0.4, 0.5) is 10.5 Å². The average molecular weight is 393 g/mol. The molecule has 3 heterocycles. The third kappa shape index (κ3) is 3.08. The summed E-state index contributed by atoms with van der Waals surface area (Å²) in [7, 11) is 0. The minimum absolute atomic E-state index is 0.315. The Morgan fingerprint density at radius 2 is 2.07 bits per heavy atom. The van der Waals surface area contributed by atoms with Crippen LogP contribution in [-0.2, 0) is 11.3 Å². The van der Waals surface area contributed by atoms with E-state index in [0.29, 0.717) is 29.9 Å². The maximum absolute atomic E-state index is 13.0. The van der Waals surface area contributed by atoms with Crippen LogP contribution in [0.15, 0.2) is 29.0 Å². The lowest BCUT2D eigenvalue weighted by Crippen LogP contribution is -2.39. The van der Waals surface area contributed by atoms with E-state index in [1.165, 1.54) is 0 Å². The predicted molar refractivity (Wildman–Crippen MR) is 106 cm³/mol. The maximum Gasteiger partial charge on any atom is 0.415 e. The van der Waals surface area contributed by atoms with Crippen molar-refractivity contribution in [2.24, 2.45) is 0 Å². The number of fused-ring (bicyclic) bond motifs is 3. The van der Waals surface area contributed by atoms with E-state index in [9.17, 15) is 4.79 Å². The Balaban J connectivity index is 1.60. The number of nitrogens with zero attached hydrogens (tertiary/aromatic N) is 5.